The third kappa shape index (κ3) is 2.70. The lowest BCUT2D eigenvalue weighted by Gasteiger charge is -2.24. The molecule has 1 aromatic heterocycles. The van der Waals surface area contributed by atoms with Gasteiger partial charge in [-0.25, -0.2) is 4.68 Å². The van der Waals surface area contributed by atoms with E-state index in [4.69, 9.17) is 0 Å². The highest BCUT2D eigenvalue weighted by Gasteiger charge is 2.28. The predicted octanol–water partition coefficient (Wildman–Crippen LogP) is 2.54. The Balaban J connectivity index is 2.09. The fourth-order valence-corrected chi connectivity index (χ4v) is 2.85. The van der Waals surface area contributed by atoms with Crippen LogP contribution in [0.1, 0.15) is 32.6 Å². The number of hydrogen-bond acceptors (Lipinski definition) is 3. The minimum atomic E-state index is -0.105. The second kappa shape index (κ2) is 4.80. The summed E-state index contributed by atoms with van der Waals surface area (Å²) in [6.45, 7) is 3.20. The number of nitrogens with one attached hydrogen (secondary N) is 1. The highest BCUT2D eigenvalue weighted by Crippen LogP contribution is 2.37. The molecule has 1 aromatic rings. The average Bonchev–Trinajstić information content (AvgIpc) is 2.73. The first-order chi connectivity index (χ1) is 8.02. The van der Waals surface area contributed by atoms with Gasteiger partial charge in [-0.1, -0.05) is 19.8 Å². The number of rotatable bonds is 3. The van der Waals surface area contributed by atoms with Crippen LogP contribution in [-0.2, 0) is 7.05 Å². The van der Waals surface area contributed by atoms with Crippen molar-refractivity contribution in [3.05, 3.63) is 21.0 Å². The van der Waals surface area contributed by atoms with Gasteiger partial charge in [0.2, 0.25) is 0 Å². The molecule has 5 heteroatoms. The second-order valence-electron chi connectivity index (χ2n) is 5.17. The van der Waals surface area contributed by atoms with Crippen molar-refractivity contribution in [2.45, 2.75) is 32.6 Å². The minimum absolute atomic E-state index is 0.105. The van der Waals surface area contributed by atoms with Crippen molar-refractivity contribution in [2.24, 2.45) is 12.5 Å². The summed E-state index contributed by atoms with van der Waals surface area (Å²) in [5.41, 5.74) is 1.05. The summed E-state index contributed by atoms with van der Waals surface area (Å²) < 4.78 is 1.89. The molecule has 4 nitrogen and oxygen atoms in total. The number of anilines is 1. The molecular formula is C12H18BrN3O. The van der Waals surface area contributed by atoms with E-state index in [1.807, 2.05) is 0 Å². The molecule has 1 fully saturated rings. The molecule has 2 rings (SSSR count). The zero-order valence-electron chi connectivity index (χ0n) is 10.3. The normalized spacial score (nSPS) is 18.3. The summed E-state index contributed by atoms with van der Waals surface area (Å²) in [5, 5.41) is 7.36. The Morgan fingerprint density at radius 1 is 1.53 bits per heavy atom. The number of aryl methyl sites for hydroxylation is 1. The molecule has 0 unspecified atom stereocenters. The molecule has 0 aromatic carbocycles. The average molecular weight is 300 g/mol. The lowest BCUT2D eigenvalue weighted by Crippen LogP contribution is -2.26. The van der Waals surface area contributed by atoms with Gasteiger partial charge in [-0.05, 0) is 34.2 Å². The van der Waals surface area contributed by atoms with Crippen molar-refractivity contribution >= 4 is 21.6 Å². The van der Waals surface area contributed by atoms with Gasteiger partial charge in [0.15, 0.2) is 0 Å². The van der Waals surface area contributed by atoms with E-state index in [0.717, 1.165) is 12.2 Å². The van der Waals surface area contributed by atoms with E-state index >= 15 is 0 Å². The van der Waals surface area contributed by atoms with Gasteiger partial charge in [0.05, 0.1) is 11.9 Å². The third-order valence-corrected chi connectivity index (χ3v) is 4.36. The molecule has 0 saturated heterocycles. The topological polar surface area (TPSA) is 46.9 Å². The Labute approximate surface area is 110 Å². The molecule has 1 N–H and O–H groups in total. The molecule has 1 saturated carbocycles. The van der Waals surface area contributed by atoms with Gasteiger partial charge in [0.1, 0.15) is 4.47 Å². The van der Waals surface area contributed by atoms with Crippen LogP contribution in [0.4, 0.5) is 5.69 Å². The molecule has 0 amide bonds. The minimum Gasteiger partial charge on any atom is -0.382 e. The maximum Gasteiger partial charge on any atom is 0.282 e. The molecule has 0 spiro atoms. The standard InChI is InChI=1S/C12H18BrN3O/c1-12(5-3-4-6-12)8-14-9-7-15-16(2)11(17)10(9)13/h7,14H,3-6,8H2,1-2H3. The van der Waals surface area contributed by atoms with E-state index in [0.29, 0.717) is 9.89 Å². The Hall–Kier alpha value is -0.840. The third-order valence-electron chi connectivity index (χ3n) is 3.59. The quantitative estimate of drug-likeness (QED) is 0.933. The van der Waals surface area contributed by atoms with E-state index < -0.39 is 0 Å². The van der Waals surface area contributed by atoms with Gasteiger partial charge < -0.3 is 5.32 Å². The van der Waals surface area contributed by atoms with Crippen LogP contribution < -0.4 is 10.9 Å². The summed E-state index contributed by atoms with van der Waals surface area (Å²) in [7, 11) is 1.65. The fourth-order valence-electron chi connectivity index (χ4n) is 2.35. The van der Waals surface area contributed by atoms with E-state index in [1.165, 1.54) is 30.4 Å². The lowest BCUT2D eigenvalue weighted by molar-refractivity contribution is 0.362. The zero-order valence-corrected chi connectivity index (χ0v) is 11.9. The SMILES string of the molecule is Cn1ncc(NCC2(C)CCCC2)c(Br)c1=O. The van der Waals surface area contributed by atoms with Crippen molar-refractivity contribution in [2.75, 3.05) is 11.9 Å². The number of nitrogens with zero attached hydrogens (tertiary/aromatic N) is 2. The maximum atomic E-state index is 11.7. The van der Waals surface area contributed by atoms with Crippen LogP contribution in [0.15, 0.2) is 15.5 Å². The van der Waals surface area contributed by atoms with Crippen LogP contribution in [0, 0.1) is 5.41 Å². The van der Waals surface area contributed by atoms with Gasteiger partial charge in [0, 0.05) is 13.6 Å². The number of hydrogen-bond donors (Lipinski definition) is 1. The summed E-state index contributed by atoms with van der Waals surface area (Å²) >= 11 is 3.32. The molecule has 1 aliphatic carbocycles. The molecule has 0 radical (unpaired) electrons. The maximum absolute atomic E-state index is 11.7. The van der Waals surface area contributed by atoms with E-state index in [9.17, 15) is 4.79 Å². The van der Waals surface area contributed by atoms with Gasteiger partial charge in [-0.15, -0.1) is 0 Å². The van der Waals surface area contributed by atoms with Gasteiger partial charge in [0.25, 0.3) is 5.56 Å². The van der Waals surface area contributed by atoms with Crippen LogP contribution in [0.2, 0.25) is 0 Å². The first-order valence-corrected chi connectivity index (χ1v) is 6.77. The molecule has 94 valence electrons. The first kappa shape index (κ1) is 12.6. The van der Waals surface area contributed by atoms with Crippen LogP contribution in [0.25, 0.3) is 0 Å². The van der Waals surface area contributed by atoms with E-state index in [2.05, 4.69) is 33.3 Å². The van der Waals surface area contributed by atoms with Crippen molar-refractivity contribution in [3.63, 3.8) is 0 Å². The monoisotopic (exact) mass is 299 g/mol. The highest BCUT2D eigenvalue weighted by atomic mass is 79.9. The summed E-state index contributed by atoms with van der Waals surface area (Å²) in [6.07, 6.45) is 6.85. The molecule has 0 bridgehead atoms. The highest BCUT2D eigenvalue weighted by molar-refractivity contribution is 9.10. The summed E-state index contributed by atoms with van der Waals surface area (Å²) in [4.78, 5) is 11.7. The van der Waals surface area contributed by atoms with Gasteiger partial charge >= 0.3 is 0 Å². The van der Waals surface area contributed by atoms with Gasteiger partial charge in [-0.3, -0.25) is 4.79 Å². The Morgan fingerprint density at radius 3 is 2.82 bits per heavy atom. The first-order valence-electron chi connectivity index (χ1n) is 5.98. The molecule has 1 aliphatic rings. The summed E-state index contributed by atoms with van der Waals surface area (Å²) in [6, 6.07) is 0. The van der Waals surface area contributed by atoms with Crippen molar-refractivity contribution in [1.29, 1.82) is 0 Å². The zero-order chi connectivity index (χ0) is 12.5. The largest absolute Gasteiger partial charge is 0.382 e. The fraction of sp³-hybridized carbons (Fsp3) is 0.667. The van der Waals surface area contributed by atoms with Crippen LogP contribution in [0.3, 0.4) is 0 Å². The van der Waals surface area contributed by atoms with Crippen LogP contribution in [-0.4, -0.2) is 16.3 Å². The lowest BCUT2D eigenvalue weighted by atomic mass is 9.89. The predicted molar refractivity (Wildman–Crippen MR) is 72.2 cm³/mol. The van der Waals surface area contributed by atoms with Crippen molar-refractivity contribution in [3.8, 4) is 0 Å². The Morgan fingerprint density at radius 2 is 2.18 bits per heavy atom. The van der Waals surface area contributed by atoms with Crippen molar-refractivity contribution in [1.82, 2.24) is 9.78 Å². The smallest absolute Gasteiger partial charge is 0.282 e. The molecule has 17 heavy (non-hydrogen) atoms. The molecular weight excluding hydrogens is 282 g/mol. The Bertz CT molecular complexity index is 463. The van der Waals surface area contributed by atoms with E-state index in [-0.39, 0.29) is 5.56 Å². The molecule has 0 atom stereocenters. The number of halogens is 1. The molecule has 0 aliphatic heterocycles. The Kier molecular flexibility index (Phi) is 3.56. The van der Waals surface area contributed by atoms with E-state index in [1.54, 1.807) is 13.2 Å². The van der Waals surface area contributed by atoms with Crippen LogP contribution >= 0.6 is 15.9 Å². The van der Waals surface area contributed by atoms with Crippen LogP contribution in [0.5, 0.6) is 0 Å². The molecule has 1 heterocycles. The second-order valence-corrected chi connectivity index (χ2v) is 5.97. The number of aromatic nitrogens is 2. The van der Waals surface area contributed by atoms with Crippen molar-refractivity contribution < 1.29 is 0 Å². The summed E-state index contributed by atoms with van der Waals surface area (Å²) in [5.74, 6) is 0. The van der Waals surface area contributed by atoms with Gasteiger partial charge in [-0.2, -0.15) is 5.10 Å².